The highest BCUT2D eigenvalue weighted by Gasteiger charge is 2.24. The first-order valence-corrected chi connectivity index (χ1v) is 16.5. The van der Waals surface area contributed by atoms with E-state index in [1.165, 1.54) is 50.7 Å². The largest absolute Gasteiger partial charge is 0.478 e. The number of carboxylic acid groups (broad SMARTS) is 2. The molecule has 3 rings (SSSR count). The van der Waals surface area contributed by atoms with Crippen molar-refractivity contribution in [2.75, 3.05) is 13.2 Å². The fourth-order valence-corrected chi connectivity index (χ4v) is 5.37. The SMILES string of the molecule is CCCCCCCCOC(=O)c1ccc(-c2c(C(=O)O)ccc(C(=O)O)c2-c2ccc(C(=O)OCCCCCCCC)cc2)cc1. The molecule has 46 heavy (non-hydrogen) atoms. The summed E-state index contributed by atoms with van der Waals surface area (Å²) in [7, 11) is 0. The van der Waals surface area contributed by atoms with E-state index in [1.54, 1.807) is 48.5 Å². The summed E-state index contributed by atoms with van der Waals surface area (Å²) in [6, 6.07) is 15.1. The number of carbonyl (C=O) groups is 4. The Morgan fingerprint density at radius 2 is 0.804 bits per heavy atom. The van der Waals surface area contributed by atoms with Crippen LogP contribution in [0.2, 0.25) is 0 Å². The normalized spacial score (nSPS) is 10.8. The molecule has 0 saturated heterocycles. The van der Waals surface area contributed by atoms with Crippen molar-refractivity contribution in [1.29, 1.82) is 0 Å². The summed E-state index contributed by atoms with van der Waals surface area (Å²) in [6.07, 6.45) is 12.9. The molecule has 3 aromatic rings. The third kappa shape index (κ3) is 10.6. The van der Waals surface area contributed by atoms with Crippen LogP contribution in [0.15, 0.2) is 60.7 Å². The molecule has 246 valence electrons. The quantitative estimate of drug-likeness (QED) is 0.0933. The Bertz CT molecular complexity index is 1330. The Kier molecular flexibility index (Phi) is 15.0. The molecule has 0 aliphatic heterocycles. The predicted molar refractivity (Wildman–Crippen MR) is 179 cm³/mol. The van der Waals surface area contributed by atoms with E-state index in [9.17, 15) is 29.4 Å². The van der Waals surface area contributed by atoms with E-state index in [2.05, 4.69) is 13.8 Å². The van der Waals surface area contributed by atoms with Gasteiger partial charge in [-0.05, 0) is 60.4 Å². The number of benzene rings is 3. The van der Waals surface area contributed by atoms with Crippen LogP contribution in [-0.2, 0) is 9.47 Å². The number of aromatic carboxylic acids is 2. The van der Waals surface area contributed by atoms with E-state index in [0.29, 0.717) is 35.5 Å². The second-order valence-electron chi connectivity index (χ2n) is 11.5. The van der Waals surface area contributed by atoms with Crippen molar-refractivity contribution in [3.8, 4) is 22.3 Å². The fourth-order valence-electron chi connectivity index (χ4n) is 5.37. The van der Waals surface area contributed by atoms with Crippen molar-refractivity contribution in [2.45, 2.75) is 90.9 Å². The summed E-state index contributed by atoms with van der Waals surface area (Å²) in [4.78, 5) is 49.9. The summed E-state index contributed by atoms with van der Waals surface area (Å²) >= 11 is 0. The molecule has 0 aromatic heterocycles. The maximum absolute atomic E-state index is 12.6. The first-order valence-electron chi connectivity index (χ1n) is 16.5. The average Bonchev–Trinajstić information content (AvgIpc) is 3.06. The van der Waals surface area contributed by atoms with Crippen molar-refractivity contribution in [2.24, 2.45) is 0 Å². The zero-order chi connectivity index (χ0) is 33.3. The smallest absolute Gasteiger partial charge is 0.338 e. The molecule has 0 amide bonds. The van der Waals surface area contributed by atoms with Gasteiger partial charge in [-0.15, -0.1) is 0 Å². The van der Waals surface area contributed by atoms with Gasteiger partial charge in [-0.3, -0.25) is 0 Å². The molecule has 0 aliphatic carbocycles. The van der Waals surface area contributed by atoms with Gasteiger partial charge in [0.2, 0.25) is 0 Å². The molecular formula is C38H46O8. The van der Waals surface area contributed by atoms with Crippen molar-refractivity contribution in [1.82, 2.24) is 0 Å². The van der Waals surface area contributed by atoms with Crippen LogP contribution in [0.3, 0.4) is 0 Å². The number of carbonyl (C=O) groups excluding carboxylic acids is 2. The van der Waals surface area contributed by atoms with Crippen LogP contribution < -0.4 is 0 Å². The summed E-state index contributed by atoms with van der Waals surface area (Å²) < 4.78 is 10.8. The van der Waals surface area contributed by atoms with Gasteiger partial charge in [-0.1, -0.05) is 102 Å². The van der Waals surface area contributed by atoms with E-state index in [4.69, 9.17) is 9.47 Å². The summed E-state index contributed by atoms with van der Waals surface area (Å²) in [5.41, 5.74) is 1.66. The molecule has 8 nitrogen and oxygen atoms in total. The third-order valence-electron chi connectivity index (χ3n) is 7.95. The van der Waals surface area contributed by atoms with Crippen LogP contribution in [0, 0.1) is 0 Å². The molecule has 0 heterocycles. The van der Waals surface area contributed by atoms with Crippen molar-refractivity contribution < 1.29 is 38.9 Å². The Labute approximate surface area is 271 Å². The standard InChI is InChI=1S/C38H46O8/c1-3-5-7-9-11-13-25-45-37(43)29-19-15-27(16-20-29)33-31(35(39)40)23-24-32(36(41)42)34(33)28-17-21-30(22-18-28)38(44)46-26-14-12-10-8-6-4-2/h15-24H,3-14,25-26H2,1-2H3,(H,39,40)(H,41,42). The molecule has 0 unspecified atom stereocenters. The Balaban J connectivity index is 1.81. The molecule has 2 N–H and O–H groups in total. The Morgan fingerprint density at radius 3 is 1.13 bits per heavy atom. The van der Waals surface area contributed by atoms with Crippen LogP contribution in [-0.4, -0.2) is 47.3 Å². The second kappa shape index (κ2) is 19.1. The highest BCUT2D eigenvalue weighted by Crippen LogP contribution is 2.38. The molecule has 0 bridgehead atoms. The van der Waals surface area contributed by atoms with Crippen LogP contribution >= 0.6 is 0 Å². The van der Waals surface area contributed by atoms with E-state index >= 15 is 0 Å². The van der Waals surface area contributed by atoms with E-state index in [-0.39, 0.29) is 22.3 Å². The molecule has 0 fully saturated rings. The fraction of sp³-hybridized carbons (Fsp3) is 0.421. The number of esters is 2. The predicted octanol–water partition coefficient (Wildman–Crippen LogP) is 9.45. The lowest BCUT2D eigenvalue weighted by Crippen LogP contribution is -2.09. The van der Waals surface area contributed by atoms with E-state index in [0.717, 1.165) is 38.5 Å². The molecular weight excluding hydrogens is 584 g/mol. The molecule has 3 aromatic carbocycles. The van der Waals surface area contributed by atoms with E-state index < -0.39 is 23.9 Å². The monoisotopic (exact) mass is 630 g/mol. The highest BCUT2D eigenvalue weighted by atomic mass is 16.5. The summed E-state index contributed by atoms with van der Waals surface area (Å²) in [5.74, 6) is -3.41. The van der Waals surface area contributed by atoms with Gasteiger partial charge in [-0.2, -0.15) is 0 Å². The minimum Gasteiger partial charge on any atom is -0.478 e. The Morgan fingerprint density at radius 1 is 0.478 bits per heavy atom. The topological polar surface area (TPSA) is 127 Å². The van der Waals surface area contributed by atoms with Crippen LogP contribution in [0.25, 0.3) is 22.3 Å². The number of hydrogen-bond acceptors (Lipinski definition) is 6. The summed E-state index contributed by atoms with van der Waals surface area (Å²) in [5, 5.41) is 20.1. The number of carboxylic acids is 2. The van der Waals surface area contributed by atoms with Gasteiger partial charge in [0.15, 0.2) is 0 Å². The molecule has 0 aliphatic rings. The maximum Gasteiger partial charge on any atom is 0.338 e. The molecule has 0 atom stereocenters. The second-order valence-corrected chi connectivity index (χ2v) is 11.5. The van der Waals surface area contributed by atoms with Gasteiger partial charge in [0.05, 0.1) is 35.5 Å². The van der Waals surface area contributed by atoms with Crippen LogP contribution in [0.4, 0.5) is 0 Å². The van der Waals surface area contributed by atoms with Gasteiger partial charge in [-0.25, -0.2) is 19.2 Å². The summed E-state index contributed by atoms with van der Waals surface area (Å²) in [6.45, 7) is 4.97. The van der Waals surface area contributed by atoms with Crippen LogP contribution in [0.5, 0.6) is 0 Å². The molecule has 0 spiro atoms. The average molecular weight is 631 g/mol. The number of hydrogen-bond donors (Lipinski definition) is 2. The van der Waals surface area contributed by atoms with Crippen molar-refractivity contribution in [3.05, 3.63) is 82.9 Å². The number of ether oxygens (including phenoxy) is 2. The highest BCUT2D eigenvalue weighted by molar-refractivity contribution is 6.08. The maximum atomic E-state index is 12.6. The zero-order valence-electron chi connectivity index (χ0n) is 27.0. The minimum absolute atomic E-state index is 0.0965. The van der Waals surface area contributed by atoms with E-state index in [1.807, 2.05) is 0 Å². The van der Waals surface area contributed by atoms with Gasteiger partial charge in [0.25, 0.3) is 0 Å². The third-order valence-corrected chi connectivity index (χ3v) is 7.95. The zero-order valence-corrected chi connectivity index (χ0v) is 27.0. The Hall–Kier alpha value is -4.46. The molecule has 0 saturated carbocycles. The molecule has 8 heteroatoms. The van der Waals surface area contributed by atoms with Crippen LogP contribution in [0.1, 0.15) is 132 Å². The van der Waals surface area contributed by atoms with Gasteiger partial charge >= 0.3 is 23.9 Å². The lowest BCUT2D eigenvalue weighted by atomic mass is 9.86. The van der Waals surface area contributed by atoms with Gasteiger partial charge in [0, 0.05) is 11.1 Å². The first kappa shape index (κ1) is 36.0. The van der Waals surface area contributed by atoms with Crippen molar-refractivity contribution in [3.63, 3.8) is 0 Å². The minimum atomic E-state index is -1.23. The number of rotatable bonds is 20. The van der Waals surface area contributed by atoms with Gasteiger partial charge in [0.1, 0.15) is 0 Å². The first-order chi connectivity index (χ1) is 22.3. The molecule has 0 radical (unpaired) electrons. The number of unbranched alkanes of at least 4 members (excludes halogenated alkanes) is 10. The van der Waals surface area contributed by atoms with Crippen molar-refractivity contribution >= 4 is 23.9 Å². The van der Waals surface area contributed by atoms with Gasteiger partial charge < -0.3 is 19.7 Å². The lowest BCUT2D eigenvalue weighted by Gasteiger charge is -2.17. The lowest BCUT2D eigenvalue weighted by molar-refractivity contribution is 0.0488.